The van der Waals surface area contributed by atoms with Gasteiger partial charge in [0.05, 0.1) is 16.1 Å². The molecule has 1 N–H and O–H groups in total. The second-order valence-corrected chi connectivity index (χ2v) is 7.34. The quantitative estimate of drug-likeness (QED) is 0.596. The number of benzene rings is 2. The molecule has 0 saturated carbocycles. The third kappa shape index (κ3) is 4.96. The number of amides is 1. The van der Waals surface area contributed by atoms with E-state index in [0.29, 0.717) is 17.2 Å². The van der Waals surface area contributed by atoms with Crippen molar-refractivity contribution in [3.63, 3.8) is 0 Å². The lowest BCUT2D eigenvalue weighted by atomic mass is 10.2. The number of nitrogens with one attached hydrogen (secondary N) is 1. The number of aryl methyl sites for hydroxylation is 1. The van der Waals surface area contributed by atoms with Crippen molar-refractivity contribution in [3.8, 4) is 11.5 Å². The molecule has 0 aliphatic heterocycles. The number of hydrogen-bond acceptors (Lipinski definition) is 3. The fourth-order valence-electron chi connectivity index (χ4n) is 1.95. The normalized spacial score (nSPS) is 10.3. The molecule has 2 aromatic carbocycles. The molecule has 0 bridgehead atoms. The van der Waals surface area contributed by atoms with Crippen molar-refractivity contribution < 1.29 is 14.3 Å². The van der Waals surface area contributed by atoms with Crippen molar-refractivity contribution in [2.45, 2.75) is 6.92 Å². The van der Waals surface area contributed by atoms with Crippen LogP contribution in [0, 0.1) is 6.92 Å². The van der Waals surface area contributed by atoms with Crippen LogP contribution in [0.2, 0.25) is 0 Å². The van der Waals surface area contributed by atoms with Crippen LogP contribution in [0.1, 0.15) is 5.56 Å². The minimum atomic E-state index is -0.240. The summed E-state index contributed by atoms with van der Waals surface area (Å²) in [5.74, 6) is 1.12. The monoisotopic (exact) mass is 505 g/mol. The van der Waals surface area contributed by atoms with Gasteiger partial charge in [-0.1, -0.05) is 15.9 Å². The van der Waals surface area contributed by atoms with Crippen LogP contribution in [-0.2, 0) is 4.79 Å². The Labute approximate surface area is 159 Å². The molecular weight excluding hydrogens is 494 g/mol. The Balaban J connectivity index is 1.99. The molecular formula is C16H14Br3NO3. The lowest BCUT2D eigenvalue weighted by Crippen LogP contribution is -2.20. The van der Waals surface area contributed by atoms with Gasteiger partial charge in [0.25, 0.3) is 5.91 Å². The number of halogens is 3. The summed E-state index contributed by atoms with van der Waals surface area (Å²) in [4.78, 5) is 12.0. The van der Waals surface area contributed by atoms with Gasteiger partial charge in [-0.15, -0.1) is 0 Å². The molecule has 122 valence electrons. The first kappa shape index (κ1) is 18.3. The molecule has 0 aromatic heterocycles. The first-order chi connectivity index (χ1) is 10.9. The third-order valence-electron chi connectivity index (χ3n) is 2.98. The molecule has 0 spiro atoms. The summed E-state index contributed by atoms with van der Waals surface area (Å²) in [6.45, 7) is 1.84. The van der Waals surface area contributed by atoms with Crippen molar-refractivity contribution in [2.24, 2.45) is 0 Å². The molecule has 0 unspecified atom stereocenters. The molecule has 4 nitrogen and oxygen atoms in total. The van der Waals surface area contributed by atoms with Crippen LogP contribution >= 0.6 is 47.8 Å². The molecule has 0 saturated heterocycles. The fraction of sp³-hybridized carbons (Fsp3) is 0.188. The summed E-state index contributed by atoms with van der Waals surface area (Å²) in [6, 6.07) is 9.12. The maximum Gasteiger partial charge on any atom is 0.262 e. The molecule has 0 atom stereocenters. The summed E-state index contributed by atoms with van der Waals surface area (Å²) < 4.78 is 13.3. The Morgan fingerprint density at radius 3 is 2.48 bits per heavy atom. The van der Waals surface area contributed by atoms with Crippen LogP contribution in [0.3, 0.4) is 0 Å². The van der Waals surface area contributed by atoms with E-state index in [-0.39, 0.29) is 12.5 Å². The number of rotatable bonds is 5. The van der Waals surface area contributed by atoms with Crippen molar-refractivity contribution in [3.05, 3.63) is 49.3 Å². The Bertz CT molecular complexity index is 712. The van der Waals surface area contributed by atoms with Crippen molar-refractivity contribution >= 4 is 59.4 Å². The smallest absolute Gasteiger partial charge is 0.262 e. The Hall–Kier alpha value is -1.05. The maximum atomic E-state index is 12.0. The Morgan fingerprint density at radius 2 is 1.87 bits per heavy atom. The van der Waals surface area contributed by atoms with Gasteiger partial charge in [0, 0.05) is 10.2 Å². The molecule has 0 radical (unpaired) electrons. The lowest BCUT2D eigenvalue weighted by molar-refractivity contribution is -0.118. The van der Waals surface area contributed by atoms with E-state index in [1.165, 1.54) is 0 Å². The molecule has 0 aliphatic rings. The van der Waals surface area contributed by atoms with E-state index in [4.69, 9.17) is 9.47 Å². The highest BCUT2D eigenvalue weighted by Gasteiger charge is 2.10. The SMILES string of the molecule is COc1ccc(NC(=O)COc2c(C)cc(Br)cc2Br)cc1Br. The average molecular weight is 508 g/mol. The molecule has 0 fully saturated rings. The highest BCUT2D eigenvalue weighted by molar-refractivity contribution is 9.11. The Kier molecular flexibility index (Phi) is 6.50. The van der Waals surface area contributed by atoms with Gasteiger partial charge in [-0.3, -0.25) is 4.79 Å². The van der Waals surface area contributed by atoms with E-state index in [1.807, 2.05) is 19.1 Å². The van der Waals surface area contributed by atoms with Gasteiger partial charge in [-0.05, 0) is 74.7 Å². The van der Waals surface area contributed by atoms with Crippen molar-refractivity contribution in [2.75, 3.05) is 19.0 Å². The molecule has 2 aromatic rings. The van der Waals surface area contributed by atoms with Crippen molar-refractivity contribution in [1.82, 2.24) is 0 Å². The molecule has 0 aliphatic carbocycles. The highest BCUT2D eigenvalue weighted by Crippen LogP contribution is 2.32. The fourth-order valence-corrected chi connectivity index (χ4v) is 4.04. The van der Waals surface area contributed by atoms with Gasteiger partial charge < -0.3 is 14.8 Å². The number of ether oxygens (including phenoxy) is 2. The summed E-state index contributed by atoms with van der Waals surface area (Å²) >= 11 is 10.2. The molecule has 2 rings (SSSR count). The minimum absolute atomic E-state index is 0.0787. The number of methoxy groups -OCH3 is 1. The molecule has 1 amide bonds. The second-order valence-electron chi connectivity index (χ2n) is 4.72. The van der Waals surface area contributed by atoms with E-state index in [9.17, 15) is 4.79 Å². The number of anilines is 1. The molecule has 23 heavy (non-hydrogen) atoms. The van der Waals surface area contributed by atoms with Gasteiger partial charge in [0.15, 0.2) is 6.61 Å². The van der Waals surface area contributed by atoms with Crippen LogP contribution in [0.25, 0.3) is 0 Å². The predicted octanol–water partition coefficient (Wildman–Crippen LogP) is 5.31. The van der Waals surface area contributed by atoms with Gasteiger partial charge >= 0.3 is 0 Å². The second kappa shape index (κ2) is 8.17. The zero-order valence-electron chi connectivity index (χ0n) is 12.5. The van der Waals surface area contributed by atoms with Crippen LogP contribution in [0.15, 0.2) is 43.7 Å². The average Bonchev–Trinajstić information content (AvgIpc) is 2.46. The lowest BCUT2D eigenvalue weighted by Gasteiger charge is -2.12. The van der Waals surface area contributed by atoms with E-state index < -0.39 is 0 Å². The number of hydrogen-bond donors (Lipinski definition) is 1. The highest BCUT2D eigenvalue weighted by atomic mass is 79.9. The van der Waals surface area contributed by atoms with E-state index in [1.54, 1.807) is 25.3 Å². The van der Waals surface area contributed by atoms with Gasteiger partial charge in [0.2, 0.25) is 0 Å². The molecule has 0 heterocycles. The van der Waals surface area contributed by atoms with E-state index >= 15 is 0 Å². The van der Waals surface area contributed by atoms with Crippen LogP contribution in [0.5, 0.6) is 11.5 Å². The van der Waals surface area contributed by atoms with Gasteiger partial charge in [0.1, 0.15) is 11.5 Å². The predicted molar refractivity (Wildman–Crippen MR) is 101 cm³/mol. The number of carbonyl (C=O) groups excluding carboxylic acids is 1. The maximum absolute atomic E-state index is 12.0. The summed E-state index contributed by atoms with van der Waals surface area (Å²) in [6.07, 6.45) is 0. The summed E-state index contributed by atoms with van der Waals surface area (Å²) in [5, 5.41) is 2.78. The van der Waals surface area contributed by atoms with Crippen LogP contribution < -0.4 is 14.8 Å². The van der Waals surface area contributed by atoms with Crippen LogP contribution in [-0.4, -0.2) is 19.6 Å². The largest absolute Gasteiger partial charge is 0.496 e. The van der Waals surface area contributed by atoms with Gasteiger partial charge in [-0.25, -0.2) is 0 Å². The minimum Gasteiger partial charge on any atom is -0.496 e. The van der Waals surface area contributed by atoms with E-state index in [0.717, 1.165) is 19.0 Å². The number of carbonyl (C=O) groups is 1. The van der Waals surface area contributed by atoms with E-state index in [2.05, 4.69) is 53.1 Å². The van der Waals surface area contributed by atoms with Gasteiger partial charge in [-0.2, -0.15) is 0 Å². The first-order valence-electron chi connectivity index (χ1n) is 6.62. The third-order valence-corrected chi connectivity index (χ3v) is 4.64. The standard InChI is InChI=1S/C16H14Br3NO3/c1-9-5-10(17)6-13(19)16(9)23-8-15(21)20-11-3-4-14(22-2)12(18)7-11/h3-7H,8H2,1-2H3,(H,20,21). The van der Waals surface area contributed by atoms with Crippen molar-refractivity contribution in [1.29, 1.82) is 0 Å². The zero-order chi connectivity index (χ0) is 17.0. The topological polar surface area (TPSA) is 47.6 Å². The molecule has 7 heteroatoms. The summed E-state index contributed by atoms with van der Waals surface area (Å²) in [5.41, 5.74) is 1.60. The first-order valence-corrected chi connectivity index (χ1v) is 9.00. The zero-order valence-corrected chi connectivity index (χ0v) is 17.2. The Morgan fingerprint density at radius 1 is 1.13 bits per heavy atom. The van der Waals surface area contributed by atoms with Crippen LogP contribution in [0.4, 0.5) is 5.69 Å². The summed E-state index contributed by atoms with van der Waals surface area (Å²) in [7, 11) is 1.59.